The van der Waals surface area contributed by atoms with Gasteiger partial charge in [0.25, 0.3) is 5.91 Å². The molecule has 162 valence electrons. The number of carbonyl (C=O) groups is 1. The number of ether oxygens (including phenoxy) is 1. The van der Waals surface area contributed by atoms with Crippen LogP contribution in [0.2, 0.25) is 0 Å². The van der Waals surface area contributed by atoms with Gasteiger partial charge in [-0.05, 0) is 49.7 Å². The zero-order chi connectivity index (χ0) is 21.6. The molecule has 4 heterocycles. The second-order valence-electron chi connectivity index (χ2n) is 8.73. The summed E-state index contributed by atoms with van der Waals surface area (Å²) in [5, 5.41) is 11.3. The van der Waals surface area contributed by atoms with Crippen LogP contribution >= 0.6 is 0 Å². The smallest absolute Gasteiger partial charge is 0.272 e. The van der Waals surface area contributed by atoms with E-state index in [9.17, 15) is 9.90 Å². The maximum absolute atomic E-state index is 12.9. The molecule has 7 nitrogen and oxygen atoms in total. The minimum absolute atomic E-state index is 0.00302. The van der Waals surface area contributed by atoms with E-state index in [1.54, 1.807) is 19.4 Å². The Kier molecular flexibility index (Phi) is 4.95. The first kappa shape index (κ1) is 20.0. The van der Waals surface area contributed by atoms with Crippen LogP contribution in [0.1, 0.15) is 40.6 Å². The van der Waals surface area contributed by atoms with Crippen molar-refractivity contribution in [2.75, 3.05) is 40.4 Å². The Morgan fingerprint density at radius 3 is 2.77 bits per heavy atom. The van der Waals surface area contributed by atoms with E-state index < -0.39 is 0 Å². The Hall–Kier alpha value is -2.90. The molecule has 0 radical (unpaired) electrons. The number of benzene rings is 1. The minimum atomic E-state index is -0.0660. The number of fused-ring (bicyclic) bond motifs is 4. The third kappa shape index (κ3) is 3.20. The zero-order valence-corrected chi connectivity index (χ0v) is 18.0. The summed E-state index contributed by atoms with van der Waals surface area (Å²) in [6, 6.07) is 11.5. The van der Waals surface area contributed by atoms with E-state index in [4.69, 9.17) is 4.74 Å². The van der Waals surface area contributed by atoms with E-state index >= 15 is 0 Å². The lowest BCUT2D eigenvalue weighted by Crippen LogP contribution is -2.53. The predicted molar refractivity (Wildman–Crippen MR) is 118 cm³/mol. The van der Waals surface area contributed by atoms with E-state index in [0.717, 1.165) is 36.3 Å². The van der Waals surface area contributed by atoms with Crippen LogP contribution in [0.3, 0.4) is 0 Å². The van der Waals surface area contributed by atoms with Gasteiger partial charge in [-0.1, -0.05) is 6.07 Å². The molecule has 31 heavy (non-hydrogen) atoms. The maximum Gasteiger partial charge on any atom is 0.272 e. The molecule has 0 bridgehead atoms. The average Bonchev–Trinajstić information content (AvgIpc) is 3.19. The normalized spacial score (nSPS) is 20.7. The highest BCUT2D eigenvalue weighted by atomic mass is 16.5. The van der Waals surface area contributed by atoms with E-state index in [-0.39, 0.29) is 24.0 Å². The van der Waals surface area contributed by atoms with Gasteiger partial charge < -0.3 is 19.7 Å². The van der Waals surface area contributed by atoms with Gasteiger partial charge >= 0.3 is 0 Å². The number of aromatic amines is 1. The standard InChI is InChI=1S/C24H28N4O3/c1-27-15-24(8-11-28(12-9-24)23(30)18-5-3-4-10-25-18)21-17-7-6-16(31-2)13-19(17)26-22(21)20(27)14-29/h3-7,10,13,20,26,29H,8-9,11-12,14-15H2,1-2H3/t20-/m1/s1. The zero-order valence-electron chi connectivity index (χ0n) is 18.0. The number of H-pyrrole nitrogens is 1. The van der Waals surface area contributed by atoms with E-state index in [1.807, 2.05) is 29.2 Å². The molecule has 1 fully saturated rings. The first-order valence-electron chi connectivity index (χ1n) is 10.8. The maximum atomic E-state index is 12.9. The molecule has 1 atom stereocenters. The van der Waals surface area contributed by atoms with Crippen molar-refractivity contribution in [2.45, 2.75) is 24.3 Å². The summed E-state index contributed by atoms with van der Waals surface area (Å²) in [6.07, 6.45) is 3.41. The fourth-order valence-electron chi connectivity index (χ4n) is 5.46. The van der Waals surface area contributed by atoms with Crippen molar-refractivity contribution >= 4 is 16.8 Å². The molecule has 2 aromatic heterocycles. The summed E-state index contributed by atoms with van der Waals surface area (Å²) in [7, 11) is 3.74. The molecule has 1 saturated heterocycles. The molecule has 1 aromatic carbocycles. The van der Waals surface area contributed by atoms with Gasteiger partial charge in [-0.15, -0.1) is 0 Å². The van der Waals surface area contributed by atoms with E-state index in [0.29, 0.717) is 18.8 Å². The number of amides is 1. The van der Waals surface area contributed by atoms with Crippen molar-refractivity contribution < 1.29 is 14.6 Å². The summed E-state index contributed by atoms with van der Waals surface area (Å²) in [6.45, 7) is 2.30. The molecule has 7 heteroatoms. The van der Waals surface area contributed by atoms with Gasteiger partial charge in [0.15, 0.2) is 0 Å². The number of aliphatic hydroxyl groups is 1. The molecule has 0 saturated carbocycles. The second-order valence-corrected chi connectivity index (χ2v) is 8.73. The van der Waals surface area contributed by atoms with Crippen molar-refractivity contribution in [1.29, 1.82) is 0 Å². The summed E-state index contributed by atoms with van der Waals surface area (Å²) < 4.78 is 5.42. The third-order valence-corrected chi connectivity index (χ3v) is 7.05. The van der Waals surface area contributed by atoms with Gasteiger partial charge in [-0.25, -0.2) is 0 Å². The van der Waals surface area contributed by atoms with Crippen molar-refractivity contribution in [1.82, 2.24) is 19.8 Å². The number of nitrogens with one attached hydrogen (secondary N) is 1. The van der Waals surface area contributed by atoms with Gasteiger partial charge in [-0.2, -0.15) is 0 Å². The number of pyridine rings is 1. The SMILES string of the molecule is COc1ccc2c3c([nH]c2c1)[C@@H](CO)N(C)CC31CCN(C(=O)c2ccccn2)CC1. The largest absolute Gasteiger partial charge is 0.497 e. The molecule has 2 aliphatic rings. The fourth-order valence-corrected chi connectivity index (χ4v) is 5.46. The van der Waals surface area contributed by atoms with Crippen LogP contribution in [-0.2, 0) is 5.41 Å². The van der Waals surface area contributed by atoms with Crippen molar-refractivity contribution in [2.24, 2.45) is 0 Å². The van der Waals surface area contributed by atoms with Crippen molar-refractivity contribution in [3.05, 3.63) is 59.5 Å². The van der Waals surface area contributed by atoms with Crippen molar-refractivity contribution in [3.8, 4) is 5.75 Å². The lowest BCUT2D eigenvalue weighted by molar-refractivity contribution is 0.0510. The average molecular weight is 421 g/mol. The van der Waals surface area contributed by atoms with Crippen LogP contribution in [0.15, 0.2) is 42.6 Å². The fraction of sp³-hybridized carbons (Fsp3) is 0.417. The van der Waals surface area contributed by atoms with Crippen LogP contribution in [0.5, 0.6) is 5.75 Å². The van der Waals surface area contributed by atoms with Gasteiger partial charge in [-0.3, -0.25) is 14.7 Å². The second kappa shape index (κ2) is 7.66. The number of piperidine rings is 1. The lowest BCUT2D eigenvalue weighted by Gasteiger charge is -2.49. The Bertz CT molecular complexity index is 1100. The third-order valence-electron chi connectivity index (χ3n) is 7.05. The molecule has 0 aliphatic carbocycles. The summed E-state index contributed by atoms with van der Waals surface area (Å²) in [4.78, 5) is 24.9. The Balaban J connectivity index is 1.51. The first-order valence-corrected chi connectivity index (χ1v) is 10.8. The molecule has 2 N–H and O–H groups in total. The molecular weight excluding hydrogens is 392 g/mol. The number of aromatic nitrogens is 2. The number of rotatable bonds is 3. The van der Waals surface area contributed by atoms with E-state index in [1.165, 1.54) is 10.9 Å². The minimum Gasteiger partial charge on any atom is -0.497 e. The quantitative estimate of drug-likeness (QED) is 0.681. The number of hydrogen-bond acceptors (Lipinski definition) is 5. The Labute approximate surface area is 181 Å². The number of nitrogens with zero attached hydrogens (tertiary/aromatic N) is 3. The Morgan fingerprint density at radius 1 is 1.29 bits per heavy atom. The lowest BCUT2D eigenvalue weighted by atomic mass is 9.68. The molecule has 1 spiro atoms. The highest BCUT2D eigenvalue weighted by molar-refractivity contribution is 5.92. The van der Waals surface area contributed by atoms with Crippen molar-refractivity contribution in [3.63, 3.8) is 0 Å². The van der Waals surface area contributed by atoms with Crippen LogP contribution in [0.25, 0.3) is 10.9 Å². The number of likely N-dealkylation sites (N-methyl/N-ethyl adjacent to an activating group) is 1. The topological polar surface area (TPSA) is 81.7 Å². The van der Waals surface area contributed by atoms with Crippen LogP contribution in [-0.4, -0.2) is 71.2 Å². The summed E-state index contributed by atoms with van der Waals surface area (Å²) in [5.41, 5.74) is 3.85. The number of methoxy groups -OCH3 is 1. The highest BCUT2D eigenvalue weighted by Crippen LogP contribution is 2.48. The summed E-state index contributed by atoms with van der Waals surface area (Å²) in [5.74, 6) is 0.807. The number of aliphatic hydroxyl groups excluding tert-OH is 1. The predicted octanol–water partition coefficient (Wildman–Crippen LogP) is 2.72. The molecule has 2 aliphatic heterocycles. The molecular formula is C24H28N4O3. The number of hydrogen-bond donors (Lipinski definition) is 2. The monoisotopic (exact) mass is 420 g/mol. The van der Waals surface area contributed by atoms with Gasteiger partial charge in [0.2, 0.25) is 0 Å². The highest BCUT2D eigenvalue weighted by Gasteiger charge is 2.46. The molecule has 0 unspecified atom stereocenters. The first-order chi connectivity index (χ1) is 15.1. The van der Waals surface area contributed by atoms with Crippen LogP contribution in [0, 0.1) is 0 Å². The number of carbonyl (C=O) groups excluding carboxylic acids is 1. The number of likely N-dealkylation sites (tertiary alicyclic amines) is 1. The Morgan fingerprint density at radius 2 is 2.10 bits per heavy atom. The molecule has 5 rings (SSSR count). The molecule has 1 amide bonds. The van der Waals surface area contributed by atoms with Crippen LogP contribution in [0.4, 0.5) is 0 Å². The molecule has 3 aromatic rings. The van der Waals surface area contributed by atoms with Crippen LogP contribution < -0.4 is 4.74 Å². The summed E-state index contributed by atoms with van der Waals surface area (Å²) >= 11 is 0. The van der Waals surface area contributed by atoms with Gasteiger partial charge in [0.05, 0.1) is 19.8 Å². The van der Waals surface area contributed by atoms with Gasteiger partial charge in [0.1, 0.15) is 11.4 Å². The van der Waals surface area contributed by atoms with E-state index in [2.05, 4.69) is 28.0 Å². The van der Waals surface area contributed by atoms with Gasteiger partial charge in [0, 0.05) is 53.9 Å².